The molecule has 38 heavy (non-hydrogen) atoms. The summed E-state index contributed by atoms with van der Waals surface area (Å²) in [6.45, 7) is 19.7. The minimum Gasteiger partial charge on any atom is -0.342 e. The number of carbonyl (C=O) groups is 3. The lowest BCUT2D eigenvalue weighted by atomic mass is 9.91. The second kappa shape index (κ2) is 14.3. The predicted molar refractivity (Wildman–Crippen MR) is 153 cm³/mol. The van der Waals surface area contributed by atoms with Gasteiger partial charge in [0.1, 0.15) is 6.04 Å². The highest BCUT2D eigenvalue weighted by Crippen LogP contribution is 2.62. The fraction of sp³-hybridized carbons (Fsp3) is 0.667. The molecule has 3 aliphatic rings. The van der Waals surface area contributed by atoms with E-state index in [1.165, 1.54) is 4.90 Å². The Morgan fingerprint density at radius 1 is 1.26 bits per heavy atom. The van der Waals surface area contributed by atoms with Gasteiger partial charge in [-0.3, -0.25) is 14.4 Å². The van der Waals surface area contributed by atoms with Crippen LogP contribution in [0, 0.1) is 34.0 Å². The van der Waals surface area contributed by atoms with E-state index in [0.29, 0.717) is 30.6 Å². The van der Waals surface area contributed by atoms with Crippen LogP contribution in [0.15, 0.2) is 24.3 Å². The van der Waals surface area contributed by atoms with Crippen LogP contribution in [0.3, 0.4) is 0 Å². The van der Waals surface area contributed by atoms with Crippen molar-refractivity contribution in [1.29, 1.82) is 5.26 Å². The van der Waals surface area contributed by atoms with Crippen LogP contribution in [0.2, 0.25) is 0 Å². The highest BCUT2D eigenvalue weighted by atomic mass is 16.2. The van der Waals surface area contributed by atoms with Gasteiger partial charge in [-0.05, 0) is 47.3 Å². The molecule has 1 aromatic carbocycles. The van der Waals surface area contributed by atoms with E-state index in [4.69, 9.17) is 11.0 Å². The summed E-state index contributed by atoms with van der Waals surface area (Å²) >= 11 is 0. The molecule has 1 aliphatic carbocycles. The number of nitriles is 1. The standard InChI is InChI=1S/C13H13N3O2.C13H23NO.C2H7N.C2H6/c1-16(8-17)9(7-14)6-11-10-4-2-3-5-12(10)15-13(11)18;1-12(2,3)6-11(15)14-7-9-10(8-14)13(9,4)5;1-2-3;1-2/h2-5,8-9,11H,6H2,1H3,(H,15,18);9-10H,6-8H2,1-5H3;2-3H2,1H3;1-2H3/t9-,11?;9-,10+;;/m0.../s1. The molecule has 2 heterocycles. The Kier molecular flexibility index (Phi) is 12.5. The van der Waals surface area contributed by atoms with Gasteiger partial charge in [-0.1, -0.05) is 73.6 Å². The van der Waals surface area contributed by atoms with E-state index in [0.717, 1.165) is 42.7 Å². The van der Waals surface area contributed by atoms with Crippen molar-refractivity contribution < 1.29 is 14.4 Å². The third kappa shape index (κ3) is 8.56. The maximum absolute atomic E-state index is 12.0. The molecular formula is C30H49N5O3. The zero-order valence-corrected chi connectivity index (χ0v) is 24.9. The SMILES string of the molecule is CC.CC(C)(C)CC(=O)N1C[C@@H]2[C@H](C1)C2(C)C.CCN.CN(C=O)[C@H](C#N)CC1C(=O)Nc2ccccc21. The number of para-hydroxylation sites is 1. The highest BCUT2D eigenvalue weighted by Gasteiger charge is 2.62. The van der Waals surface area contributed by atoms with Gasteiger partial charge in [-0.25, -0.2) is 0 Å². The summed E-state index contributed by atoms with van der Waals surface area (Å²) in [7, 11) is 1.54. The summed E-state index contributed by atoms with van der Waals surface area (Å²) in [4.78, 5) is 37.9. The number of hydrogen-bond donors (Lipinski definition) is 2. The number of anilines is 1. The maximum Gasteiger partial charge on any atom is 0.232 e. The first-order valence-electron chi connectivity index (χ1n) is 13.7. The Morgan fingerprint density at radius 2 is 1.79 bits per heavy atom. The number of nitrogens with two attached hydrogens (primary N) is 1. The Labute approximate surface area is 229 Å². The number of carbonyl (C=O) groups excluding carboxylic acids is 3. The fourth-order valence-corrected chi connectivity index (χ4v) is 5.02. The summed E-state index contributed by atoms with van der Waals surface area (Å²) in [5, 5.41) is 11.8. The van der Waals surface area contributed by atoms with Gasteiger partial charge < -0.3 is 20.9 Å². The first kappa shape index (κ1) is 33.1. The number of benzene rings is 1. The van der Waals surface area contributed by atoms with Crippen molar-refractivity contribution in [2.24, 2.45) is 28.4 Å². The summed E-state index contributed by atoms with van der Waals surface area (Å²) in [5.74, 6) is 1.43. The average molecular weight is 528 g/mol. The number of piperidine rings is 1. The molecular weight excluding hydrogens is 478 g/mol. The fourth-order valence-electron chi connectivity index (χ4n) is 5.02. The quantitative estimate of drug-likeness (QED) is 0.542. The molecule has 1 unspecified atom stereocenters. The second-order valence-electron chi connectivity index (χ2n) is 11.8. The van der Waals surface area contributed by atoms with E-state index < -0.39 is 6.04 Å². The molecule has 212 valence electrons. The van der Waals surface area contributed by atoms with Gasteiger partial charge in [-0.15, -0.1) is 0 Å². The van der Waals surface area contributed by atoms with Gasteiger partial charge in [-0.2, -0.15) is 5.26 Å². The molecule has 4 rings (SSSR count). The molecule has 2 aliphatic heterocycles. The van der Waals surface area contributed by atoms with Gasteiger partial charge in [0.25, 0.3) is 0 Å². The minimum atomic E-state index is -0.593. The van der Waals surface area contributed by atoms with Crippen molar-refractivity contribution in [3.63, 3.8) is 0 Å². The van der Waals surface area contributed by atoms with Gasteiger partial charge in [0.05, 0.1) is 12.0 Å². The van der Waals surface area contributed by atoms with Crippen molar-refractivity contribution >= 4 is 23.9 Å². The Morgan fingerprint density at radius 3 is 2.26 bits per heavy atom. The molecule has 8 heteroatoms. The third-order valence-corrected chi connectivity index (χ3v) is 7.33. The van der Waals surface area contributed by atoms with Crippen LogP contribution in [0.4, 0.5) is 5.69 Å². The number of likely N-dealkylation sites (tertiary alicyclic amines) is 1. The number of nitrogens with one attached hydrogen (secondary N) is 1. The van der Waals surface area contributed by atoms with Crippen molar-refractivity contribution in [3.8, 4) is 6.07 Å². The van der Waals surface area contributed by atoms with Crippen molar-refractivity contribution in [1.82, 2.24) is 9.80 Å². The summed E-state index contributed by atoms with van der Waals surface area (Å²) < 4.78 is 0. The smallest absolute Gasteiger partial charge is 0.232 e. The number of fused-ring (bicyclic) bond motifs is 2. The van der Waals surface area contributed by atoms with Gasteiger partial charge in [0, 0.05) is 32.2 Å². The van der Waals surface area contributed by atoms with Crippen LogP contribution >= 0.6 is 0 Å². The molecule has 1 aromatic rings. The van der Waals surface area contributed by atoms with Crippen LogP contribution in [-0.4, -0.2) is 60.7 Å². The topological polar surface area (TPSA) is 120 Å². The summed E-state index contributed by atoms with van der Waals surface area (Å²) in [6, 6.07) is 8.86. The van der Waals surface area contributed by atoms with Crippen LogP contribution in [0.1, 0.15) is 79.7 Å². The summed E-state index contributed by atoms with van der Waals surface area (Å²) in [6.07, 6.45) is 1.61. The minimum absolute atomic E-state index is 0.115. The average Bonchev–Trinajstić information content (AvgIpc) is 3.22. The molecule has 0 radical (unpaired) electrons. The molecule has 0 spiro atoms. The lowest BCUT2D eigenvalue weighted by Gasteiger charge is -2.26. The van der Waals surface area contributed by atoms with Gasteiger partial charge in [0.2, 0.25) is 18.2 Å². The number of hydrogen-bond acceptors (Lipinski definition) is 5. The number of nitrogens with zero attached hydrogens (tertiary/aromatic N) is 3. The van der Waals surface area contributed by atoms with Crippen LogP contribution in [-0.2, 0) is 14.4 Å². The zero-order valence-electron chi connectivity index (χ0n) is 24.9. The lowest BCUT2D eigenvalue weighted by molar-refractivity contribution is -0.132. The van der Waals surface area contributed by atoms with E-state index in [1.807, 2.05) is 51.1 Å². The first-order chi connectivity index (χ1) is 17.8. The predicted octanol–water partition coefficient (Wildman–Crippen LogP) is 4.62. The van der Waals surface area contributed by atoms with Crippen molar-refractivity contribution in [2.45, 2.75) is 80.2 Å². The van der Waals surface area contributed by atoms with Crippen LogP contribution in [0.25, 0.3) is 0 Å². The molecule has 3 N–H and O–H groups in total. The molecule has 1 saturated carbocycles. The number of rotatable bonds is 5. The third-order valence-electron chi connectivity index (χ3n) is 7.33. The molecule has 0 bridgehead atoms. The molecule has 1 saturated heterocycles. The van der Waals surface area contributed by atoms with Gasteiger partial charge >= 0.3 is 0 Å². The largest absolute Gasteiger partial charge is 0.342 e. The first-order valence-corrected chi connectivity index (χ1v) is 13.7. The van der Waals surface area contributed by atoms with Crippen LogP contribution in [0.5, 0.6) is 0 Å². The Bertz CT molecular complexity index is 965. The lowest BCUT2D eigenvalue weighted by Crippen LogP contribution is -2.35. The van der Waals surface area contributed by atoms with Crippen molar-refractivity contribution in [3.05, 3.63) is 29.8 Å². The molecule has 0 aromatic heterocycles. The second-order valence-corrected chi connectivity index (χ2v) is 11.8. The molecule has 3 amide bonds. The van der Waals surface area contributed by atoms with E-state index in [2.05, 4.69) is 44.8 Å². The Balaban J connectivity index is 0.000000329. The van der Waals surface area contributed by atoms with E-state index >= 15 is 0 Å². The monoisotopic (exact) mass is 527 g/mol. The van der Waals surface area contributed by atoms with Crippen LogP contribution < -0.4 is 11.1 Å². The summed E-state index contributed by atoms with van der Waals surface area (Å²) in [5.41, 5.74) is 7.16. The number of amides is 3. The van der Waals surface area contributed by atoms with Gasteiger partial charge in [0.15, 0.2) is 0 Å². The molecule has 8 nitrogen and oxygen atoms in total. The maximum atomic E-state index is 12.0. The Hall–Kier alpha value is -2.92. The van der Waals surface area contributed by atoms with E-state index in [1.54, 1.807) is 7.05 Å². The van der Waals surface area contributed by atoms with E-state index in [9.17, 15) is 14.4 Å². The highest BCUT2D eigenvalue weighted by molar-refractivity contribution is 6.02. The zero-order chi connectivity index (χ0) is 29.3. The van der Waals surface area contributed by atoms with E-state index in [-0.39, 0.29) is 17.2 Å². The molecule has 4 atom stereocenters. The molecule has 2 fully saturated rings. The van der Waals surface area contributed by atoms with Crippen molar-refractivity contribution in [2.75, 3.05) is 32.0 Å². The normalized spacial score (nSPS) is 22.3.